The molecule has 0 saturated carbocycles. The quantitative estimate of drug-likeness (QED) is 0.656. The molecule has 2 aliphatic heterocycles. The van der Waals surface area contributed by atoms with Gasteiger partial charge in [-0.1, -0.05) is 13.0 Å². The molecular formula is C18H20N4O5. The van der Waals surface area contributed by atoms with Crippen LogP contribution in [-0.4, -0.2) is 47.1 Å². The molecule has 1 unspecified atom stereocenters. The molecule has 1 aromatic carbocycles. The lowest BCUT2D eigenvalue weighted by atomic mass is 10.0. The van der Waals surface area contributed by atoms with Crippen molar-refractivity contribution in [3.05, 3.63) is 34.9 Å². The van der Waals surface area contributed by atoms with Crippen LogP contribution in [-0.2, 0) is 16.1 Å². The van der Waals surface area contributed by atoms with Crippen molar-refractivity contribution in [1.29, 1.82) is 0 Å². The number of piperidine rings is 1. The minimum Gasteiger partial charge on any atom is -0.338 e. The Bertz CT molecular complexity index is 835. The fraction of sp³-hybridized carbons (Fsp3) is 0.389. The van der Waals surface area contributed by atoms with Crippen LogP contribution < -0.4 is 16.0 Å². The smallest absolute Gasteiger partial charge is 0.321 e. The number of hydrogen-bond acceptors (Lipinski definition) is 5. The highest BCUT2D eigenvalue weighted by molar-refractivity contribution is 6.08. The first-order valence-electron chi connectivity index (χ1n) is 8.77. The highest BCUT2D eigenvalue weighted by Crippen LogP contribution is 2.28. The third kappa shape index (κ3) is 3.81. The number of carbonyl (C=O) groups is 5. The minimum atomic E-state index is -0.709. The molecule has 3 N–H and O–H groups in total. The maximum atomic E-state index is 12.7. The predicted molar refractivity (Wildman–Crippen MR) is 93.6 cm³/mol. The Hall–Kier alpha value is -3.23. The Morgan fingerprint density at radius 2 is 2.04 bits per heavy atom. The second-order valence-corrected chi connectivity index (χ2v) is 6.48. The van der Waals surface area contributed by atoms with Crippen LogP contribution in [0.1, 0.15) is 52.5 Å². The summed E-state index contributed by atoms with van der Waals surface area (Å²) in [7, 11) is 0. The standard InChI is InChI=1S/C18H20N4O5/c1-2-7-19-18(27)21-15(24)10-3-4-11-9-22(17(26)12(11)8-10)13-5-6-14(23)20-16(13)25/h3-4,8,13H,2,5-7,9H2,1H3,(H,20,23,25)(H2,19,21,24,27). The van der Waals surface area contributed by atoms with Gasteiger partial charge in [-0.3, -0.25) is 29.8 Å². The Balaban J connectivity index is 1.72. The second-order valence-electron chi connectivity index (χ2n) is 6.48. The highest BCUT2D eigenvalue weighted by Gasteiger charge is 2.39. The van der Waals surface area contributed by atoms with Crippen molar-refractivity contribution < 1.29 is 24.0 Å². The number of urea groups is 1. The summed E-state index contributed by atoms with van der Waals surface area (Å²) in [5.74, 6) is -1.82. The van der Waals surface area contributed by atoms with Gasteiger partial charge in [0.25, 0.3) is 11.8 Å². The van der Waals surface area contributed by atoms with Gasteiger partial charge in [-0.05, 0) is 30.5 Å². The van der Waals surface area contributed by atoms with Crippen LogP contribution >= 0.6 is 0 Å². The van der Waals surface area contributed by atoms with Gasteiger partial charge in [-0.15, -0.1) is 0 Å². The van der Waals surface area contributed by atoms with E-state index in [1.807, 2.05) is 6.92 Å². The summed E-state index contributed by atoms with van der Waals surface area (Å²) >= 11 is 0. The lowest BCUT2D eigenvalue weighted by molar-refractivity contribution is -0.136. The van der Waals surface area contributed by atoms with Crippen LogP contribution in [0.5, 0.6) is 0 Å². The molecule has 3 rings (SSSR count). The first-order valence-corrected chi connectivity index (χ1v) is 8.77. The van der Waals surface area contributed by atoms with Crippen LogP contribution in [0.15, 0.2) is 18.2 Å². The van der Waals surface area contributed by atoms with Gasteiger partial charge in [0.2, 0.25) is 11.8 Å². The first-order chi connectivity index (χ1) is 12.9. The molecule has 1 aromatic rings. The first kappa shape index (κ1) is 18.6. The molecule has 0 bridgehead atoms. The van der Waals surface area contributed by atoms with Gasteiger partial charge in [0.1, 0.15) is 6.04 Å². The lowest BCUT2D eigenvalue weighted by Gasteiger charge is -2.29. The van der Waals surface area contributed by atoms with E-state index in [9.17, 15) is 24.0 Å². The Labute approximate surface area is 155 Å². The highest BCUT2D eigenvalue weighted by atomic mass is 16.2. The van der Waals surface area contributed by atoms with Gasteiger partial charge in [0, 0.05) is 30.6 Å². The van der Waals surface area contributed by atoms with E-state index in [-0.39, 0.29) is 36.8 Å². The second kappa shape index (κ2) is 7.56. The van der Waals surface area contributed by atoms with Gasteiger partial charge < -0.3 is 10.2 Å². The normalized spacial score (nSPS) is 18.8. The van der Waals surface area contributed by atoms with Crippen molar-refractivity contribution in [3.63, 3.8) is 0 Å². The molecule has 6 amide bonds. The monoisotopic (exact) mass is 372 g/mol. The SMILES string of the molecule is CCCNC(=O)NC(=O)c1ccc2c(c1)C(=O)N(C1CCC(=O)NC1=O)C2. The fourth-order valence-electron chi connectivity index (χ4n) is 3.15. The average molecular weight is 372 g/mol. The molecule has 142 valence electrons. The van der Waals surface area contributed by atoms with Crippen molar-refractivity contribution >= 4 is 29.7 Å². The van der Waals surface area contributed by atoms with E-state index >= 15 is 0 Å². The summed E-state index contributed by atoms with van der Waals surface area (Å²) in [6, 6.07) is 3.28. The van der Waals surface area contributed by atoms with Crippen LogP contribution in [0.4, 0.5) is 4.79 Å². The zero-order valence-corrected chi connectivity index (χ0v) is 14.8. The largest absolute Gasteiger partial charge is 0.338 e. The number of benzene rings is 1. The maximum Gasteiger partial charge on any atom is 0.321 e. The van der Waals surface area contributed by atoms with Gasteiger partial charge in [0.15, 0.2) is 0 Å². The van der Waals surface area contributed by atoms with Gasteiger partial charge in [0.05, 0.1) is 0 Å². The molecule has 1 atom stereocenters. The number of nitrogens with one attached hydrogen (secondary N) is 3. The summed E-state index contributed by atoms with van der Waals surface area (Å²) in [5, 5.41) is 6.98. The van der Waals surface area contributed by atoms with Crippen LogP contribution in [0.2, 0.25) is 0 Å². The van der Waals surface area contributed by atoms with E-state index in [0.29, 0.717) is 17.7 Å². The molecule has 9 heteroatoms. The predicted octanol–water partition coefficient (Wildman–Crippen LogP) is 0.297. The summed E-state index contributed by atoms with van der Waals surface area (Å²) in [5.41, 5.74) is 1.19. The summed E-state index contributed by atoms with van der Waals surface area (Å²) in [6.45, 7) is 2.57. The molecule has 0 aliphatic carbocycles. The van der Waals surface area contributed by atoms with Crippen molar-refractivity contribution in [3.8, 4) is 0 Å². The average Bonchev–Trinajstić information content (AvgIpc) is 2.96. The van der Waals surface area contributed by atoms with E-state index < -0.39 is 23.9 Å². The fourth-order valence-corrected chi connectivity index (χ4v) is 3.15. The van der Waals surface area contributed by atoms with E-state index in [4.69, 9.17) is 0 Å². The van der Waals surface area contributed by atoms with E-state index in [1.54, 1.807) is 6.07 Å². The molecule has 0 aromatic heterocycles. The number of fused-ring (bicyclic) bond motifs is 1. The maximum absolute atomic E-state index is 12.7. The summed E-state index contributed by atoms with van der Waals surface area (Å²) < 4.78 is 0. The number of nitrogens with zero attached hydrogens (tertiary/aromatic N) is 1. The number of amides is 6. The van der Waals surface area contributed by atoms with Crippen LogP contribution in [0, 0.1) is 0 Å². The lowest BCUT2D eigenvalue weighted by Crippen LogP contribution is -2.52. The number of hydrogen-bond donors (Lipinski definition) is 3. The Kier molecular flexibility index (Phi) is 5.20. The molecule has 0 spiro atoms. The van der Waals surface area contributed by atoms with Crippen LogP contribution in [0.25, 0.3) is 0 Å². The van der Waals surface area contributed by atoms with Gasteiger partial charge in [-0.25, -0.2) is 4.79 Å². The van der Waals surface area contributed by atoms with E-state index in [2.05, 4.69) is 16.0 Å². The molecule has 1 saturated heterocycles. The van der Waals surface area contributed by atoms with E-state index in [1.165, 1.54) is 17.0 Å². The molecular weight excluding hydrogens is 352 g/mol. The molecule has 9 nitrogen and oxygen atoms in total. The van der Waals surface area contributed by atoms with Crippen LogP contribution in [0.3, 0.4) is 0 Å². The third-order valence-corrected chi connectivity index (χ3v) is 4.55. The van der Waals surface area contributed by atoms with E-state index in [0.717, 1.165) is 6.42 Å². The van der Waals surface area contributed by atoms with Crippen molar-refractivity contribution in [2.75, 3.05) is 6.54 Å². The van der Waals surface area contributed by atoms with Gasteiger partial charge >= 0.3 is 6.03 Å². The Morgan fingerprint density at radius 3 is 2.74 bits per heavy atom. The number of carbonyl (C=O) groups excluding carboxylic acids is 5. The van der Waals surface area contributed by atoms with Crippen molar-refractivity contribution in [1.82, 2.24) is 20.9 Å². The number of imide groups is 2. The topological polar surface area (TPSA) is 125 Å². The zero-order chi connectivity index (χ0) is 19.6. The molecule has 2 heterocycles. The Morgan fingerprint density at radius 1 is 1.26 bits per heavy atom. The van der Waals surface area contributed by atoms with Crippen molar-refractivity contribution in [2.45, 2.75) is 38.8 Å². The molecule has 1 fully saturated rings. The zero-order valence-electron chi connectivity index (χ0n) is 14.8. The third-order valence-electron chi connectivity index (χ3n) is 4.55. The van der Waals surface area contributed by atoms with Crippen molar-refractivity contribution in [2.24, 2.45) is 0 Å². The molecule has 0 radical (unpaired) electrons. The van der Waals surface area contributed by atoms with Gasteiger partial charge in [-0.2, -0.15) is 0 Å². The minimum absolute atomic E-state index is 0.178. The molecule has 27 heavy (non-hydrogen) atoms. The summed E-state index contributed by atoms with van der Waals surface area (Å²) in [6.07, 6.45) is 1.19. The summed E-state index contributed by atoms with van der Waals surface area (Å²) in [4.78, 5) is 61.3. The number of rotatable bonds is 4. The molecule has 2 aliphatic rings.